The van der Waals surface area contributed by atoms with Crippen molar-refractivity contribution in [1.82, 2.24) is 10.2 Å². The Morgan fingerprint density at radius 3 is 2.07 bits per heavy atom. The van der Waals surface area contributed by atoms with Crippen LogP contribution in [0.1, 0.15) is 23.6 Å². The van der Waals surface area contributed by atoms with Gasteiger partial charge in [0.1, 0.15) is 12.6 Å². The molecule has 1 N–H and O–H groups in total. The predicted molar refractivity (Wildman–Crippen MR) is 172 cm³/mol. The molecule has 0 aromatic heterocycles. The molecule has 4 rings (SSSR count). The molecule has 10 heteroatoms. The number of sulfonamides is 1. The number of hydrogen-bond acceptors (Lipinski definition) is 4. The van der Waals surface area contributed by atoms with Gasteiger partial charge in [0.05, 0.1) is 10.6 Å². The Labute approximate surface area is 263 Å². The molecule has 0 saturated carbocycles. The van der Waals surface area contributed by atoms with E-state index in [2.05, 4.69) is 5.32 Å². The fourth-order valence-electron chi connectivity index (χ4n) is 4.76. The lowest BCUT2D eigenvalue weighted by Crippen LogP contribution is -2.53. The average Bonchev–Trinajstić information content (AvgIpc) is 3.01. The van der Waals surface area contributed by atoms with Crippen LogP contribution < -0.4 is 9.62 Å². The van der Waals surface area contributed by atoms with Crippen LogP contribution in [0.5, 0.6) is 0 Å². The van der Waals surface area contributed by atoms with Crippen LogP contribution >= 0.6 is 23.2 Å². The lowest BCUT2D eigenvalue weighted by Gasteiger charge is -2.34. The second kappa shape index (κ2) is 14.6. The molecule has 0 saturated heterocycles. The van der Waals surface area contributed by atoms with Crippen molar-refractivity contribution in [2.75, 3.05) is 17.4 Å². The van der Waals surface area contributed by atoms with Crippen LogP contribution in [-0.2, 0) is 32.6 Å². The van der Waals surface area contributed by atoms with Gasteiger partial charge in [-0.2, -0.15) is 0 Å². The number of halogens is 2. The summed E-state index contributed by atoms with van der Waals surface area (Å²) < 4.78 is 29.2. The number of amides is 2. The Morgan fingerprint density at radius 1 is 0.814 bits per heavy atom. The van der Waals surface area contributed by atoms with Crippen LogP contribution in [0, 0.1) is 6.92 Å². The van der Waals surface area contributed by atoms with Crippen molar-refractivity contribution in [3.8, 4) is 0 Å². The molecule has 1 atom stereocenters. The van der Waals surface area contributed by atoms with Crippen LogP contribution in [0.3, 0.4) is 0 Å². The quantitative estimate of drug-likeness (QED) is 0.198. The van der Waals surface area contributed by atoms with Gasteiger partial charge >= 0.3 is 0 Å². The van der Waals surface area contributed by atoms with E-state index in [0.717, 1.165) is 9.87 Å². The minimum Gasteiger partial charge on any atom is -0.355 e. The Balaban J connectivity index is 1.83. The number of carbonyl (C=O) groups is 2. The average molecular weight is 639 g/mol. The van der Waals surface area contributed by atoms with E-state index in [9.17, 15) is 18.0 Å². The smallest absolute Gasteiger partial charge is 0.264 e. The topological polar surface area (TPSA) is 86.8 Å². The predicted octanol–water partition coefficient (Wildman–Crippen LogP) is 6.27. The van der Waals surface area contributed by atoms with Crippen molar-refractivity contribution >= 4 is 50.7 Å². The highest BCUT2D eigenvalue weighted by Gasteiger charge is 2.35. The fraction of sp³-hybridized carbons (Fsp3) is 0.212. The maximum Gasteiger partial charge on any atom is 0.264 e. The van der Waals surface area contributed by atoms with E-state index in [0.29, 0.717) is 27.7 Å². The number of carbonyl (C=O) groups excluding carboxylic acids is 2. The summed E-state index contributed by atoms with van der Waals surface area (Å²) in [4.78, 5) is 29.4. The van der Waals surface area contributed by atoms with E-state index in [4.69, 9.17) is 23.2 Å². The zero-order valence-electron chi connectivity index (χ0n) is 23.9. The van der Waals surface area contributed by atoms with Gasteiger partial charge in [-0.25, -0.2) is 8.42 Å². The standard InChI is InChI=1S/C33H33Cl2N3O4S/c1-3-36-33(40)31(21-25-13-6-4-7-14-25)37(22-26-15-10-11-18-29(26)35)32(39)23-38(30-20-12-19-28(34)24(30)2)43(41,42)27-16-8-5-9-17-27/h4-20,31H,3,21-23H2,1-2H3,(H,36,40). The van der Waals surface area contributed by atoms with Crippen molar-refractivity contribution in [2.45, 2.75) is 37.8 Å². The van der Waals surface area contributed by atoms with Crippen molar-refractivity contribution in [2.24, 2.45) is 0 Å². The Hall–Kier alpha value is -3.85. The van der Waals surface area contributed by atoms with Gasteiger partial charge in [-0.1, -0.05) is 96.0 Å². The SMILES string of the molecule is CCNC(=O)C(Cc1ccccc1)N(Cc1ccccc1Cl)C(=O)CN(c1cccc(Cl)c1C)S(=O)(=O)c1ccccc1. The molecular formula is C33H33Cl2N3O4S. The highest BCUT2D eigenvalue weighted by atomic mass is 35.5. The van der Waals surface area contributed by atoms with Crippen molar-refractivity contribution < 1.29 is 18.0 Å². The molecule has 0 bridgehead atoms. The number of nitrogens with one attached hydrogen (secondary N) is 1. The summed E-state index contributed by atoms with van der Waals surface area (Å²) in [6, 6.07) is 28.3. The molecule has 43 heavy (non-hydrogen) atoms. The van der Waals surface area contributed by atoms with Crippen molar-refractivity contribution in [3.05, 3.63) is 130 Å². The summed E-state index contributed by atoms with van der Waals surface area (Å²) in [5.74, 6) is -0.936. The summed E-state index contributed by atoms with van der Waals surface area (Å²) >= 11 is 12.9. The highest BCUT2D eigenvalue weighted by molar-refractivity contribution is 7.92. The van der Waals surface area contributed by atoms with Gasteiger partial charge in [-0.15, -0.1) is 0 Å². The Morgan fingerprint density at radius 2 is 1.42 bits per heavy atom. The summed E-state index contributed by atoms with van der Waals surface area (Å²) in [6.07, 6.45) is 0.213. The molecule has 1 unspecified atom stereocenters. The largest absolute Gasteiger partial charge is 0.355 e. The zero-order valence-corrected chi connectivity index (χ0v) is 26.2. The van der Waals surface area contributed by atoms with E-state index in [1.165, 1.54) is 17.0 Å². The molecule has 2 amide bonds. The van der Waals surface area contributed by atoms with E-state index in [1.807, 2.05) is 30.3 Å². The van der Waals surface area contributed by atoms with Gasteiger partial charge in [-0.3, -0.25) is 13.9 Å². The number of rotatable bonds is 12. The third-order valence-electron chi connectivity index (χ3n) is 7.04. The van der Waals surface area contributed by atoms with E-state index >= 15 is 0 Å². The molecule has 4 aromatic carbocycles. The van der Waals surface area contributed by atoms with E-state index < -0.39 is 28.5 Å². The molecule has 0 heterocycles. The molecule has 0 spiro atoms. The second-order valence-electron chi connectivity index (χ2n) is 9.92. The first-order valence-corrected chi connectivity index (χ1v) is 16.0. The van der Waals surface area contributed by atoms with Crippen molar-refractivity contribution in [1.29, 1.82) is 0 Å². The first kappa shape index (κ1) is 32.1. The van der Waals surface area contributed by atoms with E-state index in [-0.39, 0.29) is 29.5 Å². The van der Waals surface area contributed by atoms with Gasteiger partial charge in [0.2, 0.25) is 11.8 Å². The normalized spacial score (nSPS) is 11.9. The van der Waals surface area contributed by atoms with Crippen LogP contribution in [0.15, 0.2) is 108 Å². The van der Waals surface area contributed by atoms with Crippen LogP contribution in [0.2, 0.25) is 10.0 Å². The molecule has 0 radical (unpaired) electrons. The van der Waals surface area contributed by atoms with Gasteiger partial charge in [0, 0.05) is 29.6 Å². The molecule has 7 nitrogen and oxygen atoms in total. The lowest BCUT2D eigenvalue weighted by atomic mass is 10.0. The van der Waals surface area contributed by atoms with Crippen molar-refractivity contribution in [3.63, 3.8) is 0 Å². The minimum atomic E-state index is -4.22. The first-order chi connectivity index (χ1) is 20.6. The molecule has 224 valence electrons. The van der Waals surface area contributed by atoms with Gasteiger partial charge in [0.25, 0.3) is 10.0 Å². The highest BCUT2D eigenvalue weighted by Crippen LogP contribution is 2.31. The van der Waals surface area contributed by atoms with Crippen LogP contribution in [0.4, 0.5) is 5.69 Å². The lowest BCUT2D eigenvalue weighted by molar-refractivity contribution is -0.140. The summed E-state index contributed by atoms with van der Waals surface area (Å²) in [5, 5.41) is 3.63. The zero-order chi connectivity index (χ0) is 31.0. The van der Waals surface area contributed by atoms with E-state index in [1.54, 1.807) is 74.5 Å². The molecule has 4 aromatic rings. The molecular weight excluding hydrogens is 605 g/mol. The first-order valence-electron chi connectivity index (χ1n) is 13.8. The minimum absolute atomic E-state index is 0.0130. The van der Waals surface area contributed by atoms with Crippen LogP contribution in [0.25, 0.3) is 0 Å². The third kappa shape index (κ3) is 7.76. The maximum absolute atomic E-state index is 14.4. The number of hydrogen-bond donors (Lipinski definition) is 1. The van der Waals surface area contributed by atoms with Gasteiger partial charge < -0.3 is 10.2 Å². The van der Waals surface area contributed by atoms with Gasteiger partial charge in [0.15, 0.2) is 0 Å². The number of likely N-dealkylation sites (N-methyl/N-ethyl adjacent to an activating group) is 1. The third-order valence-corrected chi connectivity index (χ3v) is 9.59. The summed E-state index contributed by atoms with van der Waals surface area (Å²) in [7, 11) is -4.22. The van der Waals surface area contributed by atoms with Crippen LogP contribution in [-0.4, -0.2) is 44.3 Å². The monoisotopic (exact) mass is 637 g/mol. The fourth-order valence-corrected chi connectivity index (χ4v) is 6.61. The molecule has 0 fully saturated rings. The maximum atomic E-state index is 14.4. The second-order valence-corrected chi connectivity index (χ2v) is 12.6. The molecule has 0 aliphatic carbocycles. The van der Waals surface area contributed by atoms with Gasteiger partial charge in [-0.05, 0) is 60.9 Å². The Kier molecular flexibility index (Phi) is 10.9. The molecule has 0 aliphatic rings. The summed E-state index contributed by atoms with van der Waals surface area (Å²) in [6.45, 7) is 3.26. The number of benzene rings is 4. The molecule has 0 aliphatic heterocycles. The number of anilines is 1. The summed E-state index contributed by atoms with van der Waals surface area (Å²) in [5.41, 5.74) is 2.23. The Bertz CT molecular complexity index is 1670. The number of nitrogens with zero attached hydrogens (tertiary/aromatic N) is 2.